The summed E-state index contributed by atoms with van der Waals surface area (Å²) in [6.45, 7) is 7.97. The van der Waals surface area contributed by atoms with Crippen LogP contribution in [0.5, 0.6) is 5.75 Å². The van der Waals surface area contributed by atoms with Crippen molar-refractivity contribution in [1.29, 1.82) is 0 Å². The van der Waals surface area contributed by atoms with Crippen LogP contribution < -0.4 is 4.74 Å². The van der Waals surface area contributed by atoms with E-state index in [1.54, 1.807) is 24.3 Å². The lowest BCUT2D eigenvalue weighted by molar-refractivity contribution is -0.139. The molecule has 6 heteroatoms. The number of piperidine rings is 1. The first-order chi connectivity index (χ1) is 13.0. The zero-order valence-corrected chi connectivity index (χ0v) is 16.5. The highest BCUT2D eigenvalue weighted by Gasteiger charge is 2.29. The Morgan fingerprint density at radius 2 is 1.74 bits per heavy atom. The van der Waals surface area contributed by atoms with Gasteiger partial charge in [-0.25, -0.2) is 0 Å². The molecule has 0 saturated carbocycles. The Bertz CT molecular complexity index is 651. The predicted molar refractivity (Wildman–Crippen MR) is 103 cm³/mol. The molecule has 2 amide bonds. The van der Waals surface area contributed by atoms with Crippen molar-refractivity contribution in [2.75, 3.05) is 26.4 Å². The highest BCUT2D eigenvalue weighted by Crippen LogP contribution is 2.23. The number of hydrogen-bond acceptors (Lipinski definition) is 4. The Kier molecular flexibility index (Phi) is 6.37. The molecule has 0 unspecified atom stereocenters. The van der Waals surface area contributed by atoms with Crippen molar-refractivity contribution in [3.63, 3.8) is 0 Å². The maximum atomic E-state index is 12.6. The first-order valence-corrected chi connectivity index (χ1v) is 9.90. The first-order valence-electron chi connectivity index (χ1n) is 9.90. The third kappa shape index (κ3) is 4.61. The molecule has 0 bridgehead atoms. The minimum atomic E-state index is 0.00407. The topological polar surface area (TPSA) is 59.1 Å². The molecule has 0 aliphatic carbocycles. The number of amides is 2. The molecule has 2 fully saturated rings. The van der Waals surface area contributed by atoms with E-state index in [1.807, 2.05) is 16.7 Å². The van der Waals surface area contributed by atoms with Gasteiger partial charge in [0.2, 0.25) is 0 Å². The number of carbonyl (C=O) groups excluding carboxylic acids is 2. The first kappa shape index (κ1) is 19.7. The van der Waals surface area contributed by atoms with E-state index in [9.17, 15) is 9.59 Å². The van der Waals surface area contributed by atoms with Crippen molar-refractivity contribution in [2.45, 2.75) is 58.2 Å². The molecule has 2 heterocycles. The van der Waals surface area contributed by atoms with Crippen molar-refractivity contribution >= 4 is 11.8 Å². The number of benzene rings is 1. The van der Waals surface area contributed by atoms with Crippen LogP contribution in [0.15, 0.2) is 24.3 Å². The fraction of sp³-hybridized carbons (Fsp3) is 0.619. The molecule has 6 nitrogen and oxygen atoms in total. The third-order valence-corrected chi connectivity index (χ3v) is 5.57. The normalized spacial score (nSPS) is 26.0. The summed E-state index contributed by atoms with van der Waals surface area (Å²) in [7, 11) is 0. The molecule has 1 aromatic carbocycles. The zero-order chi connectivity index (χ0) is 19.4. The lowest BCUT2D eigenvalue weighted by Gasteiger charge is -2.39. The lowest BCUT2D eigenvalue weighted by atomic mass is 9.97. The molecule has 3 rings (SSSR count). The summed E-state index contributed by atoms with van der Waals surface area (Å²) in [6, 6.07) is 7.64. The molecule has 2 aliphatic rings. The van der Waals surface area contributed by atoms with E-state index in [0.29, 0.717) is 31.1 Å². The van der Waals surface area contributed by atoms with Crippen LogP contribution in [0.1, 0.15) is 50.4 Å². The second-order valence-corrected chi connectivity index (χ2v) is 7.67. The minimum absolute atomic E-state index is 0.00407. The summed E-state index contributed by atoms with van der Waals surface area (Å²) in [5.74, 6) is 0.633. The average molecular weight is 374 g/mol. The fourth-order valence-corrected chi connectivity index (χ4v) is 4.02. The Balaban J connectivity index is 1.56. The van der Waals surface area contributed by atoms with Crippen molar-refractivity contribution < 1.29 is 19.1 Å². The zero-order valence-electron chi connectivity index (χ0n) is 16.5. The highest BCUT2D eigenvalue weighted by molar-refractivity contribution is 5.94. The van der Waals surface area contributed by atoms with Gasteiger partial charge in [-0.3, -0.25) is 9.59 Å². The van der Waals surface area contributed by atoms with E-state index in [4.69, 9.17) is 9.47 Å². The number of nitrogens with zero attached hydrogens (tertiary/aromatic N) is 2. The van der Waals surface area contributed by atoms with E-state index in [1.165, 1.54) is 6.42 Å². The maximum Gasteiger partial charge on any atom is 0.260 e. The summed E-state index contributed by atoms with van der Waals surface area (Å²) in [5, 5.41) is 0. The minimum Gasteiger partial charge on any atom is -0.484 e. The van der Waals surface area contributed by atoms with Gasteiger partial charge in [-0.15, -0.1) is 0 Å². The van der Waals surface area contributed by atoms with Gasteiger partial charge >= 0.3 is 0 Å². The third-order valence-electron chi connectivity index (χ3n) is 5.57. The van der Waals surface area contributed by atoms with Gasteiger partial charge in [0.15, 0.2) is 6.61 Å². The van der Waals surface area contributed by atoms with Gasteiger partial charge in [0.1, 0.15) is 5.75 Å². The average Bonchev–Trinajstić information content (AvgIpc) is 2.66. The quantitative estimate of drug-likeness (QED) is 0.813. The number of ether oxygens (including phenoxy) is 2. The summed E-state index contributed by atoms with van der Waals surface area (Å²) >= 11 is 0. The van der Waals surface area contributed by atoms with Crippen LogP contribution in [-0.4, -0.2) is 66.1 Å². The largest absolute Gasteiger partial charge is 0.484 e. The molecule has 0 aromatic heterocycles. The summed E-state index contributed by atoms with van der Waals surface area (Å²) in [5.41, 5.74) is 0.626. The fourth-order valence-electron chi connectivity index (χ4n) is 4.02. The van der Waals surface area contributed by atoms with E-state index in [-0.39, 0.29) is 36.5 Å². The van der Waals surface area contributed by atoms with Crippen molar-refractivity contribution in [3.05, 3.63) is 29.8 Å². The van der Waals surface area contributed by atoms with Crippen LogP contribution in [0.3, 0.4) is 0 Å². The predicted octanol–water partition coefficient (Wildman–Crippen LogP) is 2.72. The highest BCUT2D eigenvalue weighted by atomic mass is 16.5. The van der Waals surface area contributed by atoms with E-state index in [2.05, 4.69) is 13.8 Å². The lowest BCUT2D eigenvalue weighted by Crippen LogP contribution is -2.49. The standard InChI is InChI=1S/C21H30N2O4/c1-15-5-4-6-16(2)23(15)20(24)14-27-19-9-7-18(8-10-19)21(25)22-11-12-26-13-17(22)3/h7-10,15-17H,4-6,11-14H2,1-3H3/t15-,16+,17-/m1/s1. The molecule has 2 aliphatic heterocycles. The van der Waals surface area contributed by atoms with Gasteiger partial charge in [0.25, 0.3) is 11.8 Å². The number of carbonyl (C=O) groups is 2. The molecule has 2 saturated heterocycles. The molecular weight excluding hydrogens is 344 g/mol. The Morgan fingerprint density at radius 3 is 2.37 bits per heavy atom. The van der Waals surface area contributed by atoms with Crippen molar-refractivity contribution in [3.8, 4) is 5.75 Å². The molecule has 3 atom stereocenters. The van der Waals surface area contributed by atoms with Gasteiger partial charge in [-0.2, -0.15) is 0 Å². The Morgan fingerprint density at radius 1 is 1.07 bits per heavy atom. The maximum absolute atomic E-state index is 12.6. The molecule has 148 valence electrons. The molecule has 27 heavy (non-hydrogen) atoms. The van der Waals surface area contributed by atoms with E-state index in [0.717, 1.165) is 12.8 Å². The number of likely N-dealkylation sites (tertiary alicyclic amines) is 1. The van der Waals surface area contributed by atoms with Gasteiger partial charge in [-0.1, -0.05) is 0 Å². The van der Waals surface area contributed by atoms with E-state index >= 15 is 0 Å². The molecular formula is C21H30N2O4. The second-order valence-electron chi connectivity index (χ2n) is 7.67. The van der Waals surface area contributed by atoms with Gasteiger partial charge < -0.3 is 19.3 Å². The molecule has 0 radical (unpaired) electrons. The van der Waals surface area contributed by atoms with Gasteiger partial charge in [-0.05, 0) is 64.3 Å². The van der Waals surface area contributed by atoms with Gasteiger partial charge in [0.05, 0.1) is 19.3 Å². The van der Waals surface area contributed by atoms with Crippen LogP contribution >= 0.6 is 0 Å². The Hall–Kier alpha value is -2.08. The monoisotopic (exact) mass is 374 g/mol. The van der Waals surface area contributed by atoms with Crippen LogP contribution in [0.25, 0.3) is 0 Å². The number of hydrogen-bond donors (Lipinski definition) is 0. The number of morpholine rings is 1. The smallest absolute Gasteiger partial charge is 0.260 e. The molecule has 0 spiro atoms. The van der Waals surface area contributed by atoms with Crippen LogP contribution in [0, 0.1) is 0 Å². The number of rotatable bonds is 4. The van der Waals surface area contributed by atoms with E-state index < -0.39 is 0 Å². The summed E-state index contributed by atoms with van der Waals surface area (Å²) < 4.78 is 11.1. The van der Waals surface area contributed by atoms with Crippen LogP contribution in [0.4, 0.5) is 0 Å². The summed E-state index contributed by atoms with van der Waals surface area (Å²) in [4.78, 5) is 29.0. The summed E-state index contributed by atoms with van der Waals surface area (Å²) in [6.07, 6.45) is 3.27. The Labute approximate surface area is 161 Å². The van der Waals surface area contributed by atoms with Crippen molar-refractivity contribution in [2.24, 2.45) is 0 Å². The molecule has 1 aromatic rings. The molecule has 0 N–H and O–H groups in total. The van der Waals surface area contributed by atoms with Crippen LogP contribution in [0.2, 0.25) is 0 Å². The SMILES string of the molecule is C[C@@H]1COCCN1C(=O)c1ccc(OCC(=O)N2[C@H](C)CCC[C@@H]2C)cc1. The van der Waals surface area contributed by atoms with Crippen molar-refractivity contribution in [1.82, 2.24) is 9.80 Å². The van der Waals surface area contributed by atoms with Gasteiger partial charge in [0, 0.05) is 24.2 Å². The van der Waals surface area contributed by atoms with Crippen LogP contribution in [-0.2, 0) is 9.53 Å². The second kappa shape index (κ2) is 8.74.